The van der Waals surface area contributed by atoms with E-state index < -0.39 is 0 Å². The predicted octanol–water partition coefficient (Wildman–Crippen LogP) is 2.42. The van der Waals surface area contributed by atoms with Crippen LogP contribution >= 0.6 is 0 Å². The van der Waals surface area contributed by atoms with E-state index in [1.165, 1.54) is 6.26 Å². The third-order valence-electron chi connectivity index (χ3n) is 4.04. The second-order valence-electron chi connectivity index (χ2n) is 5.57. The lowest BCUT2D eigenvalue weighted by atomic mass is 10.1. The summed E-state index contributed by atoms with van der Waals surface area (Å²) in [5.74, 6) is 0.931. The lowest BCUT2D eigenvalue weighted by molar-refractivity contribution is 0.0517. The zero-order valence-electron chi connectivity index (χ0n) is 13.2. The molecule has 0 radical (unpaired) electrons. The van der Waals surface area contributed by atoms with Crippen LogP contribution in [0.4, 0.5) is 0 Å². The minimum Gasteiger partial charge on any atom is -0.469 e. The first kappa shape index (κ1) is 15.4. The molecule has 0 bridgehead atoms. The van der Waals surface area contributed by atoms with Crippen LogP contribution in [-0.2, 0) is 6.42 Å². The number of carbonyl (C=O) groups excluding carboxylic acids is 2. The Labute approximate surface area is 134 Å². The zero-order chi connectivity index (χ0) is 16.2. The minimum absolute atomic E-state index is 0.0210. The fourth-order valence-corrected chi connectivity index (χ4v) is 2.79. The molecule has 6 heteroatoms. The smallest absolute Gasteiger partial charge is 0.289 e. The molecule has 1 aliphatic heterocycles. The first-order valence-electron chi connectivity index (χ1n) is 7.89. The topological polar surface area (TPSA) is 66.9 Å². The molecule has 3 heterocycles. The molecule has 2 aromatic rings. The van der Waals surface area contributed by atoms with Gasteiger partial charge >= 0.3 is 0 Å². The summed E-state index contributed by atoms with van der Waals surface area (Å²) in [5, 5.41) is 0. The Morgan fingerprint density at radius 1 is 1.00 bits per heavy atom. The summed E-state index contributed by atoms with van der Waals surface area (Å²) < 4.78 is 10.5. The molecular formula is C17H20N2O4. The molecule has 0 aliphatic carbocycles. The number of hydrogen-bond acceptors (Lipinski definition) is 4. The fraction of sp³-hybridized carbons (Fsp3) is 0.412. The summed E-state index contributed by atoms with van der Waals surface area (Å²) in [6.07, 6.45) is 4.74. The summed E-state index contributed by atoms with van der Waals surface area (Å²) in [7, 11) is 0. The van der Waals surface area contributed by atoms with Gasteiger partial charge in [-0.05, 0) is 24.6 Å². The number of carbonyl (C=O) groups is 2. The second kappa shape index (κ2) is 6.73. The molecule has 2 aromatic heterocycles. The maximum atomic E-state index is 12.6. The summed E-state index contributed by atoms with van der Waals surface area (Å²) in [6, 6.07) is 5.08. The van der Waals surface area contributed by atoms with Gasteiger partial charge in [-0.2, -0.15) is 0 Å². The molecule has 0 unspecified atom stereocenters. The van der Waals surface area contributed by atoms with Gasteiger partial charge < -0.3 is 18.6 Å². The van der Waals surface area contributed by atoms with E-state index in [2.05, 4.69) is 6.92 Å². The third kappa shape index (κ3) is 3.16. The van der Waals surface area contributed by atoms with E-state index in [0.717, 1.165) is 18.6 Å². The quantitative estimate of drug-likeness (QED) is 0.869. The summed E-state index contributed by atoms with van der Waals surface area (Å²) in [5.41, 5.74) is 0.637. The van der Waals surface area contributed by atoms with Crippen molar-refractivity contribution in [3.05, 3.63) is 47.8 Å². The van der Waals surface area contributed by atoms with Crippen molar-refractivity contribution in [2.24, 2.45) is 0 Å². The Bertz CT molecular complexity index is 667. The molecular weight excluding hydrogens is 296 g/mol. The number of nitrogens with zero attached hydrogens (tertiary/aromatic N) is 2. The molecule has 1 fully saturated rings. The normalized spacial score (nSPS) is 15.0. The Morgan fingerprint density at radius 2 is 1.70 bits per heavy atom. The van der Waals surface area contributed by atoms with Crippen LogP contribution in [0.15, 0.2) is 39.6 Å². The molecule has 6 nitrogen and oxygen atoms in total. The van der Waals surface area contributed by atoms with Gasteiger partial charge in [-0.1, -0.05) is 6.92 Å². The fourth-order valence-electron chi connectivity index (χ4n) is 2.79. The number of aryl methyl sites for hydroxylation is 1. The molecule has 2 amide bonds. The molecule has 23 heavy (non-hydrogen) atoms. The van der Waals surface area contributed by atoms with E-state index in [9.17, 15) is 9.59 Å². The van der Waals surface area contributed by atoms with Crippen LogP contribution in [0.3, 0.4) is 0 Å². The molecule has 0 atom stereocenters. The van der Waals surface area contributed by atoms with Crippen molar-refractivity contribution in [2.45, 2.75) is 19.8 Å². The highest BCUT2D eigenvalue weighted by molar-refractivity contribution is 5.95. The van der Waals surface area contributed by atoms with Crippen LogP contribution in [-0.4, -0.2) is 47.8 Å². The predicted molar refractivity (Wildman–Crippen MR) is 83.2 cm³/mol. The van der Waals surface area contributed by atoms with Crippen LogP contribution in [0.1, 0.15) is 40.0 Å². The highest BCUT2D eigenvalue weighted by Gasteiger charge is 2.28. The van der Waals surface area contributed by atoms with E-state index in [-0.39, 0.29) is 11.8 Å². The van der Waals surface area contributed by atoms with Gasteiger partial charge in [-0.15, -0.1) is 0 Å². The Kier molecular flexibility index (Phi) is 4.50. The van der Waals surface area contributed by atoms with Gasteiger partial charge in [0.2, 0.25) is 0 Å². The SMILES string of the molecule is CCCc1occc1C(=O)N1CCN(C(=O)c2ccco2)CC1. The molecule has 0 saturated carbocycles. The highest BCUT2D eigenvalue weighted by atomic mass is 16.3. The molecule has 0 spiro atoms. The van der Waals surface area contributed by atoms with Crippen LogP contribution in [0.5, 0.6) is 0 Å². The lowest BCUT2D eigenvalue weighted by Crippen LogP contribution is -2.50. The first-order chi connectivity index (χ1) is 11.2. The van der Waals surface area contributed by atoms with Gasteiger partial charge in [0.05, 0.1) is 18.1 Å². The van der Waals surface area contributed by atoms with E-state index >= 15 is 0 Å². The zero-order valence-corrected chi connectivity index (χ0v) is 13.2. The van der Waals surface area contributed by atoms with Crippen molar-refractivity contribution in [2.75, 3.05) is 26.2 Å². The molecule has 0 N–H and O–H groups in total. The van der Waals surface area contributed by atoms with Crippen molar-refractivity contribution in [1.29, 1.82) is 0 Å². The highest BCUT2D eigenvalue weighted by Crippen LogP contribution is 2.17. The minimum atomic E-state index is -0.128. The molecule has 3 rings (SSSR count). The van der Waals surface area contributed by atoms with E-state index in [4.69, 9.17) is 8.83 Å². The number of amides is 2. The number of rotatable bonds is 4. The summed E-state index contributed by atoms with van der Waals surface area (Å²) in [4.78, 5) is 28.3. The van der Waals surface area contributed by atoms with Crippen molar-refractivity contribution in [3.8, 4) is 0 Å². The maximum absolute atomic E-state index is 12.6. The molecule has 122 valence electrons. The monoisotopic (exact) mass is 316 g/mol. The van der Waals surface area contributed by atoms with Gasteiger partial charge in [0.1, 0.15) is 5.76 Å². The van der Waals surface area contributed by atoms with Crippen LogP contribution < -0.4 is 0 Å². The lowest BCUT2D eigenvalue weighted by Gasteiger charge is -2.34. The van der Waals surface area contributed by atoms with Crippen LogP contribution in [0.25, 0.3) is 0 Å². The largest absolute Gasteiger partial charge is 0.469 e. The van der Waals surface area contributed by atoms with Crippen molar-refractivity contribution in [3.63, 3.8) is 0 Å². The van der Waals surface area contributed by atoms with Gasteiger partial charge in [-0.3, -0.25) is 9.59 Å². The molecule has 1 aliphatic rings. The molecule has 0 aromatic carbocycles. The van der Waals surface area contributed by atoms with Crippen molar-refractivity contribution >= 4 is 11.8 Å². The number of furan rings is 2. The Hall–Kier alpha value is -2.50. The first-order valence-corrected chi connectivity index (χ1v) is 7.89. The Morgan fingerprint density at radius 3 is 2.30 bits per heavy atom. The maximum Gasteiger partial charge on any atom is 0.289 e. The van der Waals surface area contributed by atoms with E-state index in [0.29, 0.717) is 37.5 Å². The van der Waals surface area contributed by atoms with Gasteiger partial charge in [0, 0.05) is 32.6 Å². The van der Waals surface area contributed by atoms with E-state index in [1.54, 1.807) is 34.3 Å². The van der Waals surface area contributed by atoms with E-state index in [1.807, 2.05) is 0 Å². The number of piperazine rings is 1. The van der Waals surface area contributed by atoms with Gasteiger partial charge in [-0.25, -0.2) is 0 Å². The van der Waals surface area contributed by atoms with Crippen molar-refractivity contribution < 1.29 is 18.4 Å². The van der Waals surface area contributed by atoms with Gasteiger partial charge in [0.15, 0.2) is 5.76 Å². The average Bonchev–Trinajstić information content (AvgIpc) is 3.26. The number of hydrogen-bond donors (Lipinski definition) is 0. The summed E-state index contributed by atoms with van der Waals surface area (Å²) in [6.45, 7) is 4.10. The third-order valence-corrected chi connectivity index (χ3v) is 4.04. The summed E-state index contributed by atoms with van der Waals surface area (Å²) >= 11 is 0. The van der Waals surface area contributed by atoms with Crippen LogP contribution in [0, 0.1) is 0 Å². The van der Waals surface area contributed by atoms with Crippen LogP contribution in [0.2, 0.25) is 0 Å². The Balaban J connectivity index is 1.61. The average molecular weight is 316 g/mol. The molecule has 1 saturated heterocycles. The van der Waals surface area contributed by atoms with Gasteiger partial charge in [0.25, 0.3) is 11.8 Å². The van der Waals surface area contributed by atoms with Crippen molar-refractivity contribution in [1.82, 2.24) is 9.80 Å². The second-order valence-corrected chi connectivity index (χ2v) is 5.57. The standard InChI is InChI=1S/C17H20N2O4/c1-2-4-14-13(6-12-23-14)16(20)18-7-9-19(10-8-18)17(21)15-5-3-11-22-15/h3,5-6,11-12H,2,4,7-10H2,1H3.